The van der Waals surface area contributed by atoms with Gasteiger partial charge in [0.15, 0.2) is 0 Å². The zero-order chi connectivity index (χ0) is 12.3. The Hall–Kier alpha value is -1.94. The molecule has 0 spiro atoms. The van der Waals surface area contributed by atoms with Crippen LogP contribution in [0.1, 0.15) is 17.3 Å². The van der Waals surface area contributed by atoms with Crippen molar-refractivity contribution in [2.75, 3.05) is 0 Å². The van der Waals surface area contributed by atoms with E-state index in [0.717, 1.165) is 5.56 Å². The lowest BCUT2D eigenvalue weighted by atomic mass is 10.0. The van der Waals surface area contributed by atoms with Gasteiger partial charge in [0.1, 0.15) is 11.6 Å². The Kier molecular flexibility index (Phi) is 3.35. The normalized spacial score (nSPS) is 12.4. The second-order valence-electron chi connectivity index (χ2n) is 3.85. The minimum absolute atomic E-state index is 0.177. The molecule has 2 rings (SSSR count). The quantitative estimate of drug-likeness (QED) is 0.852. The summed E-state index contributed by atoms with van der Waals surface area (Å²) in [6.07, 6.45) is 1.95. The first kappa shape index (κ1) is 11.5. The third-order valence-corrected chi connectivity index (χ3v) is 2.50. The van der Waals surface area contributed by atoms with E-state index in [2.05, 4.69) is 4.98 Å². The molecule has 0 radical (unpaired) electrons. The molecule has 1 unspecified atom stereocenters. The van der Waals surface area contributed by atoms with Gasteiger partial charge in [0.2, 0.25) is 0 Å². The fourth-order valence-electron chi connectivity index (χ4n) is 1.70. The van der Waals surface area contributed by atoms with Gasteiger partial charge in [-0.05, 0) is 36.2 Å². The topological polar surface area (TPSA) is 59.1 Å². The Labute approximate surface area is 98.7 Å². The summed E-state index contributed by atoms with van der Waals surface area (Å²) >= 11 is 0. The van der Waals surface area contributed by atoms with Crippen molar-refractivity contribution in [3.8, 4) is 5.75 Å². The van der Waals surface area contributed by atoms with Crippen LogP contribution in [-0.4, -0.2) is 10.1 Å². The number of hydrogen-bond donors (Lipinski definition) is 2. The van der Waals surface area contributed by atoms with Crippen LogP contribution in [0.15, 0.2) is 42.6 Å². The van der Waals surface area contributed by atoms with E-state index in [4.69, 9.17) is 5.73 Å². The molecule has 88 valence electrons. The Balaban J connectivity index is 2.17. The predicted octanol–water partition coefficient (Wildman–Crippen LogP) is 2.17. The summed E-state index contributed by atoms with van der Waals surface area (Å²) in [5.41, 5.74) is 6.99. The monoisotopic (exact) mass is 232 g/mol. The van der Waals surface area contributed by atoms with Crippen LogP contribution in [0.3, 0.4) is 0 Å². The highest BCUT2D eigenvalue weighted by atomic mass is 19.1. The molecule has 4 heteroatoms. The SMILES string of the molecule is NC(Cc1cccc(O)c1)c1ncccc1F. The fraction of sp³-hybridized carbons (Fsp3) is 0.154. The van der Waals surface area contributed by atoms with Gasteiger partial charge in [0.05, 0.1) is 11.7 Å². The maximum atomic E-state index is 13.4. The molecule has 3 nitrogen and oxygen atoms in total. The van der Waals surface area contributed by atoms with E-state index in [0.29, 0.717) is 6.42 Å². The Morgan fingerprint density at radius 2 is 2.12 bits per heavy atom. The third-order valence-electron chi connectivity index (χ3n) is 2.50. The zero-order valence-electron chi connectivity index (χ0n) is 9.18. The summed E-state index contributed by atoms with van der Waals surface area (Å²) in [5, 5.41) is 9.32. The van der Waals surface area contributed by atoms with Crippen LogP contribution in [0.2, 0.25) is 0 Å². The van der Waals surface area contributed by atoms with Crippen LogP contribution >= 0.6 is 0 Å². The van der Waals surface area contributed by atoms with E-state index >= 15 is 0 Å². The van der Waals surface area contributed by atoms with Gasteiger partial charge in [-0.15, -0.1) is 0 Å². The van der Waals surface area contributed by atoms with Gasteiger partial charge in [-0.25, -0.2) is 4.39 Å². The fourth-order valence-corrected chi connectivity index (χ4v) is 1.70. The first-order valence-corrected chi connectivity index (χ1v) is 5.30. The molecular formula is C13H13FN2O. The molecule has 2 aromatic rings. The molecule has 0 fully saturated rings. The van der Waals surface area contributed by atoms with Crippen molar-refractivity contribution in [3.05, 3.63) is 59.7 Å². The second kappa shape index (κ2) is 4.93. The first-order valence-electron chi connectivity index (χ1n) is 5.30. The summed E-state index contributed by atoms with van der Waals surface area (Å²) in [4.78, 5) is 3.93. The highest BCUT2D eigenvalue weighted by molar-refractivity contribution is 5.28. The third kappa shape index (κ3) is 2.79. The summed E-state index contributed by atoms with van der Waals surface area (Å²) in [6.45, 7) is 0. The highest BCUT2D eigenvalue weighted by Gasteiger charge is 2.13. The maximum absolute atomic E-state index is 13.4. The zero-order valence-corrected chi connectivity index (χ0v) is 9.18. The summed E-state index contributed by atoms with van der Waals surface area (Å²) < 4.78 is 13.4. The Bertz CT molecular complexity index is 516. The number of phenols is 1. The van der Waals surface area contributed by atoms with Crippen molar-refractivity contribution >= 4 is 0 Å². The highest BCUT2D eigenvalue weighted by Crippen LogP contribution is 2.19. The lowest BCUT2D eigenvalue weighted by Gasteiger charge is -2.11. The number of halogens is 1. The number of pyridine rings is 1. The van der Waals surface area contributed by atoms with Crippen molar-refractivity contribution < 1.29 is 9.50 Å². The van der Waals surface area contributed by atoms with E-state index in [1.807, 2.05) is 6.07 Å². The lowest BCUT2D eigenvalue weighted by molar-refractivity contribution is 0.474. The molecule has 0 saturated carbocycles. The van der Waals surface area contributed by atoms with Crippen LogP contribution in [0, 0.1) is 5.82 Å². The number of aromatic nitrogens is 1. The van der Waals surface area contributed by atoms with E-state index in [9.17, 15) is 9.50 Å². The number of hydrogen-bond acceptors (Lipinski definition) is 3. The van der Waals surface area contributed by atoms with Crippen LogP contribution in [0.4, 0.5) is 4.39 Å². The van der Waals surface area contributed by atoms with Gasteiger partial charge >= 0.3 is 0 Å². The van der Waals surface area contributed by atoms with Gasteiger partial charge in [0.25, 0.3) is 0 Å². The Morgan fingerprint density at radius 1 is 1.29 bits per heavy atom. The molecule has 17 heavy (non-hydrogen) atoms. The van der Waals surface area contributed by atoms with Gasteiger partial charge in [0, 0.05) is 6.20 Å². The molecule has 1 heterocycles. The van der Waals surface area contributed by atoms with E-state index < -0.39 is 11.9 Å². The average Bonchev–Trinajstić information content (AvgIpc) is 2.29. The standard InChI is InChI=1S/C13H13FN2O/c14-11-5-2-6-16-13(11)12(15)8-9-3-1-4-10(17)7-9/h1-7,12,17H,8,15H2. The van der Waals surface area contributed by atoms with Gasteiger partial charge < -0.3 is 10.8 Å². The molecule has 0 bridgehead atoms. The molecule has 3 N–H and O–H groups in total. The lowest BCUT2D eigenvalue weighted by Crippen LogP contribution is -2.16. The van der Waals surface area contributed by atoms with E-state index in [1.54, 1.807) is 18.2 Å². The molecule has 1 aromatic carbocycles. The number of nitrogens with zero attached hydrogens (tertiary/aromatic N) is 1. The maximum Gasteiger partial charge on any atom is 0.146 e. The van der Waals surface area contributed by atoms with E-state index in [-0.39, 0.29) is 11.4 Å². The average molecular weight is 232 g/mol. The van der Waals surface area contributed by atoms with Crippen molar-refractivity contribution in [2.45, 2.75) is 12.5 Å². The van der Waals surface area contributed by atoms with Crippen LogP contribution in [-0.2, 0) is 6.42 Å². The van der Waals surface area contributed by atoms with Gasteiger partial charge in [-0.1, -0.05) is 12.1 Å². The molecule has 1 atom stereocenters. The Morgan fingerprint density at radius 3 is 2.82 bits per heavy atom. The van der Waals surface area contributed by atoms with Crippen LogP contribution in [0.5, 0.6) is 5.75 Å². The smallest absolute Gasteiger partial charge is 0.146 e. The number of aromatic hydroxyl groups is 1. The van der Waals surface area contributed by atoms with Crippen molar-refractivity contribution in [3.63, 3.8) is 0 Å². The summed E-state index contributed by atoms with van der Waals surface area (Å²) in [6, 6.07) is 9.10. The molecule has 0 aliphatic carbocycles. The van der Waals surface area contributed by atoms with Gasteiger partial charge in [-0.2, -0.15) is 0 Å². The van der Waals surface area contributed by atoms with Crippen molar-refractivity contribution in [1.82, 2.24) is 4.98 Å². The first-order chi connectivity index (χ1) is 8.16. The number of phenolic OH excluding ortho intramolecular Hbond substituents is 1. The minimum Gasteiger partial charge on any atom is -0.508 e. The van der Waals surface area contributed by atoms with Crippen molar-refractivity contribution in [2.24, 2.45) is 5.73 Å². The number of nitrogens with two attached hydrogens (primary N) is 1. The van der Waals surface area contributed by atoms with Crippen LogP contribution in [0.25, 0.3) is 0 Å². The van der Waals surface area contributed by atoms with E-state index in [1.165, 1.54) is 18.3 Å². The molecular weight excluding hydrogens is 219 g/mol. The number of benzene rings is 1. The second-order valence-corrected chi connectivity index (χ2v) is 3.85. The summed E-state index contributed by atoms with van der Waals surface area (Å²) in [5.74, 6) is -0.226. The number of rotatable bonds is 3. The predicted molar refractivity (Wildman–Crippen MR) is 62.9 cm³/mol. The largest absolute Gasteiger partial charge is 0.508 e. The minimum atomic E-state index is -0.516. The molecule has 0 saturated heterocycles. The van der Waals surface area contributed by atoms with Crippen LogP contribution < -0.4 is 5.73 Å². The van der Waals surface area contributed by atoms with Gasteiger partial charge in [-0.3, -0.25) is 4.98 Å². The molecule has 1 aromatic heterocycles. The molecule has 0 amide bonds. The molecule has 0 aliphatic heterocycles. The summed E-state index contributed by atoms with van der Waals surface area (Å²) in [7, 11) is 0. The van der Waals surface area contributed by atoms with Crippen molar-refractivity contribution in [1.29, 1.82) is 0 Å². The molecule has 0 aliphatic rings.